The van der Waals surface area contributed by atoms with Gasteiger partial charge >= 0.3 is 6.01 Å². The predicted molar refractivity (Wildman–Crippen MR) is 138 cm³/mol. The Morgan fingerprint density at radius 1 is 0.947 bits per heavy atom. The van der Waals surface area contributed by atoms with Crippen LogP contribution in [0, 0.1) is 0 Å². The van der Waals surface area contributed by atoms with Crippen molar-refractivity contribution in [2.24, 2.45) is 0 Å². The second kappa shape index (κ2) is 10.7. The van der Waals surface area contributed by atoms with Crippen molar-refractivity contribution in [1.29, 1.82) is 0 Å². The molecule has 4 aromatic rings. The highest BCUT2D eigenvalue weighted by Crippen LogP contribution is 2.34. The minimum Gasteiger partial charge on any atom is -0.493 e. The number of methoxy groups -OCH3 is 2. The average Bonchev–Trinajstić information content (AvgIpc) is 3.65. The molecule has 0 saturated carbocycles. The van der Waals surface area contributed by atoms with Gasteiger partial charge in [0.15, 0.2) is 11.5 Å². The lowest BCUT2D eigenvalue weighted by molar-refractivity contribution is 0.0776. The first-order chi connectivity index (χ1) is 18.5. The molecule has 0 spiro atoms. The normalized spacial score (nSPS) is 12.7. The predicted octanol–water partition coefficient (Wildman–Crippen LogP) is 4.36. The Hall–Kier alpha value is -4.71. The summed E-state index contributed by atoms with van der Waals surface area (Å²) in [5.74, 6) is 1.22. The molecular weight excluding hydrogens is 512 g/mol. The van der Waals surface area contributed by atoms with E-state index in [1.54, 1.807) is 29.2 Å². The highest BCUT2D eigenvalue weighted by Gasteiger charge is 2.26. The molecule has 0 unspecified atom stereocenters. The zero-order valence-electron chi connectivity index (χ0n) is 20.5. The maximum atomic E-state index is 13.2. The van der Waals surface area contributed by atoms with Crippen LogP contribution >= 0.6 is 0 Å². The molecule has 0 atom stereocenters. The summed E-state index contributed by atoms with van der Waals surface area (Å²) in [4.78, 5) is 1.67. The van der Waals surface area contributed by atoms with Crippen LogP contribution < -0.4 is 19.1 Å². The van der Waals surface area contributed by atoms with Crippen molar-refractivity contribution in [1.82, 2.24) is 10.2 Å². The minimum atomic E-state index is -4.00. The number of para-hydroxylation sites is 1. The van der Waals surface area contributed by atoms with Gasteiger partial charge < -0.3 is 23.4 Å². The third-order valence-electron chi connectivity index (χ3n) is 5.62. The Labute approximate surface area is 219 Å². The van der Waals surface area contributed by atoms with Crippen LogP contribution in [-0.4, -0.2) is 39.6 Å². The fraction of sp³-hybridized carbons (Fsp3) is 0.154. The van der Waals surface area contributed by atoms with Crippen LogP contribution in [0.15, 0.2) is 94.3 Å². The van der Waals surface area contributed by atoms with Crippen molar-refractivity contribution in [3.63, 3.8) is 0 Å². The molecule has 1 aliphatic rings. The monoisotopic (exact) mass is 536 g/mol. The summed E-state index contributed by atoms with van der Waals surface area (Å²) in [5, 5.41) is 8.38. The average molecular weight is 537 g/mol. The molecule has 11 nitrogen and oxygen atoms in total. The number of benzene rings is 3. The molecule has 5 rings (SSSR count). The van der Waals surface area contributed by atoms with Gasteiger partial charge in [0, 0.05) is 6.07 Å². The number of ether oxygens (including phenoxy) is 4. The van der Waals surface area contributed by atoms with Crippen LogP contribution in [0.25, 0.3) is 11.5 Å². The smallest absolute Gasteiger partial charge is 0.325 e. The van der Waals surface area contributed by atoms with Gasteiger partial charge in [-0.25, -0.2) is 8.42 Å². The summed E-state index contributed by atoms with van der Waals surface area (Å²) in [6.45, 7) is 0.452. The van der Waals surface area contributed by atoms with Gasteiger partial charge in [0.05, 0.1) is 36.9 Å². The minimum absolute atomic E-state index is 0.00414. The van der Waals surface area contributed by atoms with Gasteiger partial charge in [-0.15, -0.1) is 5.10 Å². The number of hydrogen-bond acceptors (Lipinski definition) is 10. The third kappa shape index (κ3) is 5.20. The maximum absolute atomic E-state index is 13.2. The van der Waals surface area contributed by atoms with E-state index in [0.717, 1.165) is 5.56 Å². The molecule has 0 fully saturated rings. The Bertz CT molecular complexity index is 1550. The Balaban J connectivity index is 1.45. The lowest BCUT2D eigenvalue weighted by Gasteiger charge is -2.19. The zero-order valence-corrected chi connectivity index (χ0v) is 21.3. The summed E-state index contributed by atoms with van der Waals surface area (Å²) >= 11 is 0. The Morgan fingerprint density at radius 3 is 2.45 bits per heavy atom. The first kappa shape index (κ1) is 25.0. The number of aromatic nitrogens is 2. The topological polar surface area (TPSA) is 125 Å². The standard InChI is InChI=1S/C26H24N4O7S/c1-33-22-13-12-19(14-23(22)34-2)38(31,32)29-21-11-7-6-10-20(21)25-27-28-26(37-25)30(24-16-35-17-36-24)15-18-8-4-3-5-9-18/h3-14,16,29H,15,17H2,1-2H3. The van der Waals surface area contributed by atoms with E-state index in [2.05, 4.69) is 14.9 Å². The molecule has 0 amide bonds. The lowest BCUT2D eigenvalue weighted by Crippen LogP contribution is -2.22. The van der Waals surface area contributed by atoms with Crippen molar-refractivity contribution in [3.8, 4) is 23.0 Å². The molecule has 1 N–H and O–H groups in total. The van der Waals surface area contributed by atoms with Crippen LogP contribution in [-0.2, 0) is 26.0 Å². The van der Waals surface area contributed by atoms with E-state index in [1.807, 2.05) is 30.3 Å². The first-order valence-electron chi connectivity index (χ1n) is 11.4. The van der Waals surface area contributed by atoms with Crippen molar-refractivity contribution >= 4 is 21.7 Å². The highest BCUT2D eigenvalue weighted by atomic mass is 32.2. The van der Waals surface area contributed by atoms with E-state index >= 15 is 0 Å². The first-order valence-corrected chi connectivity index (χ1v) is 12.9. The summed E-state index contributed by atoms with van der Waals surface area (Å²) in [7, 11) is -1.09. The number of sulfonamides is 1. The van der Waals surface area contributed by atoms with Crippen molar-refractivity contribution < 1.29 is 31.8 Å². The second-order valence-electron chi connectivity index (χ2n) is 8.01. The van der Waals surface area contributed by atoms with E-state index in [0.29, 0.717) is 23.7 Å². The van der Waals surface area contributed by atoms with E-state index in [-0.39, 0.29) is 35.0 Å². The van der Waals surface area contributed by atoms with Crippen LogP contribution in [0.2, 0.25) is 0 Å². The molecule has 0 bridgehead atoms. The second-order valence-corrected chi connectivity index (χ2v) is 9.70. The zero-order chi connectivity index (χ0) is 26.5. The molecule has 1 aliphatic heterocycles. The summed E-state index contributed by atoms with van der Waals surface area (Å²) in [6, 6.07) is 20.9. The van der Waals surface area contributed by atoms with E-state index in [9.17, 15) is 8.42 Å². The number of nitrogens with zero attached hydrogens (tertiary/aromatic N) is 3. The van der Waals surface area contributed by atoms with Gasteiger partial charge in [-0.2, -0.15) is 0 Å². The molecular formula is C26H24N4O7S. The van der Waals surface area contributed by atoms with Crippen LogP contribution in [0.3, 0.4) is 0 Å². The molecule has 0 radical (unpaired) electrons. The molecule has 12 heteroatoms. The van der Waals surface area contributed by atoms with E-state index in [4.69, 9.17) is 23.4 Å². The quantitative estimate of drug-likeness (QED) is 0.312. The number of hydrogen-bond donors (Lipinski definition) is 1. The van der Waals surface area contributed by atoms with Crippen LogP contribution in [0.1, 0.15) is 5.56 Å². The summed E-state index contributed by atoms with van der Waals surface area (Å²) in [5.41, 5.74) is 1.63. The molecule has 2 heterocycles. The van der Waals surface area contributed by atoms with Crippen LogP contribution in [0.4, 0.5) is 11.7 Å². The molecule has 196 valence electrons. The third-order valence-corrected chi connectivity index (χ3v) is 6.98. The molecule has 38 heavy (non-hydrogen) atoms. The van der Waals surface area contributed by atoms with Crippen molar-refractivity contribution in [2.45, 2.75) is 11.4 Å². The van der Waals surface area contributed by atoms with Gasteiger partial charge in [0.2, 0.25) is 12.7 Å². The van der Waals surface area contributed by atoms with Crippen molar-refractivity contribution in [2.75, 3.05) is 30.6 Å². The number of nitrogens with one attached hydrogen (secondary N) is 1. The Morgan fingerprint density at radius 2 is 1.71 bits per heavy atom. The largest absolute Gasteiger partial charge is 0.493 e. The molecule has 1 aromatic heterocycles. The Kier molecular flexibility index (Phi) is 7.05. The van der Waals surface area contributed by atoms with Crippen LogP contribution in [0.5, 0.6) is 11.5 Å². The van der Waals surface area contributed by atoms with Gasteiger partial charge in [-0.3, -0.25) is 9.62 Å². The fourth-order valence-electron chi connectivity index (χ4n) is 3.76. The van der Waals surface area contributed by atoms with Gasteiger partial charge in [0.1, 0.15) is 6.26 Å². The van der Waals surface area contributed by atoms with Crippen molar-refractivity contribution in [3.05, 3.63) is 90.5 Å². The molecule has 3 aromatic carbocycles. The van der Waals surface area contributed by atoms with Gasteiger partial charge in [-0.1, -0.05) is 47.6 Å². The number of rotatable bonds is 10. The molecule has 0 saturated heterocycles. The SMILES string of the molecule is COc1ccc(S(=O)(=O)Nc2ccccc2-c2nnc(N(Cc3ccccc3)C3=COCO3)o2)cc1OC. The van der Waals surface area contributed by atoms with Gasteiger partial charge in [0.25, 0.3) is 15.9 Å². The lowest BCUT2D eigenvalue weighted by atomic mass is 10.2. The highest BCUT2D eigenvalue weighted by molar-refractivity contribution is 7.92. The molecule has 0 aliphatic carbocycles. The summed E-state index contributed by atoms with van der Waals surface area (Å²) in [6.07, 6.45) is 1.47. The van der Waals surface area contributed by atoms with Gasteiger partial charge in [-0.05, 0) is 29.8 Å². The number of anilines is 2. The van der Waals surface area contributed by atoms with E-state index < -0.39 is 10.0 Å². The fourth-order valence-corrected chi connectivity index (χ4v) is 4.86. The maximum Gasteiger partial charge on any atom is 0.325 e. The summed E-state index contributed by atoms with van der Waals surface area (Å²) < 4.78 is 56.3. The van der Waals surface area contributed by atoms with E-state index in [1.165, 1.54) is 38.7 Å².